The highest BCUT2D eigenvalue weighted by atomic mass is 16.5. The average molecular weight is 388 g/mol. The molecular weight excluding hydrogens is 364 g/mol. The first kappa shape index (κ1) is 20.1. The molecule has 0 aliphatic heterocycles. The highest BCUT2D eigenvalue weighted by Gasteiger charge is 2.16. The zero-order valence-electron chi connectivity index (χ0n) is 16.2. The number of rotatable bonds is 9. The Hall–Kier alpha value is -3.60. The summed E-state index contributed by atoms with van der Waals surface area (Å²) in [6.45, 7) is 0.541. The van der Waals surface area contributed by atoms with Gasteiger partial charge in [0.15, 0.2) is 6.61 Å². The molecule has 2 amide bonds. The maximum absolute atomic E-state index is 12.8. The number of ether oxygens (including phenoxy) is 1. The van der Waals surface area contributed by atoms with Crippen LogP contribution in [0.5, 0.6) is 5.75 Å². The second-order valence-corrected chi connectivity index (χ2v) is 6.67. The van der Waals surface area contributed by atoms with Gasteiger partial charge in [0.1, 0.15) is 5.75 Å². The molecule has 0 aliphatic rings. The third-order valence-corrected chi connectivity index (χ3v) is 4.52. The number of hydrogen-bond acceptors (Lipinski definition) is 3. The minimum atomic E-state index is -0.439. The minimum Gasteiger partial charge on any atom is -0.483 e. The Bertz CT molecular complexity index is 943. The number of carbonyl (C=O) groups is 2. The Morgan fingerprint density at radius 3 is 2.14 bits per heavy atom. The summed E-state index contributed by atoms with van der Waals surface area (Å²) >= 11 is 0. The summed E-state index contributed by atoms with van der Waals surface area (Å²) in [6, 6.07) is 27.1. The topological polar surface area (TPSA) is 72.6 Å². The van der Waals surface area contributed by atoms with E-state index in [-0.39, 0.29) is 25.5 Å². The number of hydrogen-bond donors (Lipinski definition) is 1. The van der Waals surface area contributed by atoms with Crippen LogP contribution in [0.2, 0.25) is 0 Å². The van der Waals surface area contributed by atoms with Crippen molar-refractivity contribution in [2.45, 2.75) is 13.0 Å². The summed E-state index contributed by atoms with van der Waals surface area (Å²) in [6.07, 6.45) is 0.110. The van der Waals surface area contributed by atoms with Crippen molar-refractivity contribution in [3.8, 4) is 16.9 Å². The molecule has 0 bridgehead atoms. The van der Waals surface area contributed by atoms with Gasteiger partial charge in [0.05, 0.1) is 0 Å². The van der Waals surface area contributed by atoms with Gasteiger partial charge >= 0.3 is 0 Å². The molecule has 0 aromatic heterocycles. The summed E-state index contributed by atoms with van der Waals surface area (Å²) < 4.78 is 5.87. The Labute approximate surface area is 170 Å². The Kier molecular flexibility index (Phi) is 7.00. The lowest BCUT2D eigenvalue weighted by atomic mass is 10.1. The molecule has 3 aromatic rings. The van der Waals surface area contributed by atoms with E-state index in [1.54, 1.807) is 4.90 Å². The van der Waals surface area contributed by atoms with Gasteiger partial charge < -0.3 is 15.4 Å². The van der Waals surface area contributed by atoms with Crippen molar-refractivity contribution in [3.63, 3.8) is 0 Å². The van der Waals surface area contributed by atoms with Crippen molar-refractivity contribution < 1.29 is 14.3 Å². The predicted octanol–water partition coefficient (Wildman–Crippen LogP) is 3.64. The van der Waals surface area contributed by atoms with Gasteiger partial charge in [-0.1, -0.05) is 78.9 Å². The molecule has 0 spiro atoms. The summed E-state index contributed by atoms with van der Waals surface area (Å²) in [5.74, 6) is 0.00536. The van der Waals surface area contributed by atoms with Crippen LogP contribution in [0, 0.1) is 0 Å². The summed E-state index contributed by atoms with van der Waals surface area (Å²) in [5.41, 5.74) is 8.20. The van der Waals surface area contributed by atoms with E-state index in [2.05, 4.69) is 0 Å². The van der Waals surface area contributed by atoms with E-state index in [4.69, 9.17) is 10.5 Å². The zero-order valence-corrected chi connectivity index (χ0v) is 16.2. The van der Waals surface area contributed by atoms with Crippen LogP contribution in [-0.4, -0.2) is 29.9 Å². The fourth-order valence-electron chi connectivity index (χ4n) is 3.02. The van der Waals surface area contributed by atoms with Crippen LogP contribution in [0.15, 0.2) is 84.9 Å². The van der Waals surface area contributed by atoms with Crippen molar-refractivity contribution in [2.24, 2.45) is 5.73 Å². The number of nitrogens with zero attached hydrogens (tertiary/aromatic N) is 1. The number of nitrogens with two attached hydrogens (primary N) is 1. The third-order valence-electron chi connectivity index (χ3n) is 4.52. The monoisotopic (exact) mass is 388 g/mol. The third kappa shape index (κ3) is 5.94. The highest BCUT2D eigenvalue weighted by molar-refractivity contribution is 5.80. The van der Waals surface area contributed by atoms with Crippen molar-refractivity contribution in [1.29, 1.82) is 0 Å². The lowest BCUT2D eigenvalue weighted by molar-refractivity contribution is -0.134. The molecule has 0 radical (unpaired) electrons. The molecule has 0 aliphatic carbocycles. The van der Waals surface area contributed by atoms with E-state index < -0.39 is 5.91 Å². The van der Waals surface area contributed by atoms with E-state index in [1.807, 2.05) is 84.9 Å². The second-order valence-electron chi connectivity index (χ2n) is 6.67. The van der Waals surface area contributed by atoms with Crippen LogP contribution in [0.25, 0.3) is 11.1 Å². The SMILES string of the molecule is NC(=O)CCN(Cc1ccccc1)C(=O)COc1ccccc1-c1ccccc1. The maximum Gasteiger partial charge on any atom is 0.260 e. The fraction of sp³-hybridized carbons (Fsp3) is 0.167. The van der Waals surface area contributed by atoms with Crippen LogP contribution in [0.1, 0.15) is 12.0 Å². The Balaban J connectivity index is 1.71. The number of primary amides is 1. The van der Waals surface area contributed by atoms with Gasteiger partial charge in [-0.15, -0.1) is 0 Å². The van der Waals surface area contributed by atoms with Crippen molar-refractivity contribution in [2.75, 3.05) is 13.2 Å². The number of para-hydroxylation sites is 1. The van der Waals surface area contributed by atoms with Crippen molar-refractivity contribution >= 4 is 11.8 Å². The van der Waals surface area contributed by atoms with Crippen LogP contribution in [-0.2, 0) is 16.1 Å². The average Bonchev–Trinajstić information content (AvgIpc) is 2.76. The standard InChI is InChI=1S/C24H24N2O3/c25-23(27)15-16-26(17-19-9-3-1-4-10-19)24(28)18-29-22-14-8-7-13-21(22)20-11-5-2-6-12-20/h1-14H,15-18H2,(H2,25,27). The number of carbonyl (C=O) groups excluding carboxylic acids is 2. The van der Waals surface area contributed by atoms with E-state index in [9.17, 15) is 9.59 Å². The molecule has 3 rings (SSSR count). The van der Waals surface area contributed by atoms with Crippen molar-refractivity contribution in [1.82, 2.24) is 4.90 Å². The van der Waals surface area contributed by atoms with Crippen molar-refractivity contribution in [3.05, 3.63) is 90.5 Å². The van der Waals surface area contributed by atoms with Crippen LogP contribution in [0.4, 0.5) is 0 Å². The molecule has 5 heteroatoms. The van der Waals surface area contributed by atoms with E-state index in [0.29, 0.717) is 12.3 Å². The second kappa shape index (κ2) is 10.1. The molecule has 3 aromatic carbocycles. The molecular formula is C24H24N2O3. The largest absolute Gasteiger partial charge is 0.483 e. The molecule has 0 saturated heterocycles. The molecule has 0 heterocycles. The smallest absolute Gasteiger partial charge is 0.260 e. The van der Waals surface area contributed by atoms with E-state index >= 15 is 0 Å². The van der Waals surface area contributed by atoms with Crippen LogP contribution < -0.4 is 10.5 Å². The molecule has 148 valence electrons. The van der Waals surface area contributed by atoms with Crippen LogP contribution in [0.3, 0.4) is 0 Å². The maximum atomic E-state index is 12.8. The molecule has 5 nitrogen and oxygen atoms in total. The molecule has 0 unspecified atom stereocenters. The van der Waals surface area contributed by atoms with Gasteiger partial charge in [-0.05, 0) is 17.2 Å². The lowest BCUT2D eigenvalue weighted by Crippen LogP contribution is -2.36. The van der Waals surface area contributed by atoms with Gasteiger partial charge in [0.2, 0.25) is 5.91 Å². The molecule has 2 N–H and O–H groups in total. The first-order valence-electron chi connectivity index (χ1n) is 9.51. The molecule has 0 fully saturated rings. The fourth-order valence-corrected chi connectivity index (χ4v) is 3.02. The van der Waals surface area contributed by atoms with E-state index in [0.717, 1.165) is 16.7 Å². The van der Waals surface area contributed by atoms with Gasteiger partial charge in [0.25, 0.3) is 5.91 Å². The molecule has 29 heavy (non-hydrogen) atoms. The number of amides is 2. The van der Waals surface area contributed by atoms with Gasteiger partial charge in [-0.25, -0.2) is 0 Å². The Morgan fingerprint density at radius 2 is 1.45 bits per heavy atom. The molecule has 0 saturated carbocycles. The normalized spacial score (nSPS) is 10.3. The highest BCUT2D eigenvalue weighted by Crippen LogP contribution is 2.29. The Morgan fingerprint density at radius 1 is 0.828 bits per heavy atom. The quantitative estimate of drug-likeness (QED) is 0.608. The number of benzene rings is 3. The minimum absolute atomic E-state index is 0.110. The predicted molar refractivity (Wildman–Crippen MR) is 113 cm³/mol. The van der Waals surface area contributed by atoms with E-state index in [1.165, 1.54) is 0 Å². The molecule has 0 atom stereocenters. The van der Waals surface area contributed by atoms with Gasteiger partial charge in [-0.3, -0.25) is 9.59 Å². The summed E-state index contributed by atoms with van der Waals surface area (Å²) in [7, 11) is 0. The van der Waals surface area contributed by atoms with Gasteiger partial charge in [-0.2, -0.15) is 0 Å². The summed E-state index contributed by atoms with van der Waals surface area (Å²) in [4.78, 5) is 25.6. The van der Waals surface area contributed by atoms with Gasteiger partial charge in [0, 0.05) is 25.1 Å². The zero-order chi connectivity index (χ0) is 20.5. The lowest BCUT2D eigenvalue weighted by Gasteiger charge is -2.23. The summed E-state index contributed by atoms with van der Waals surface area (Å²) in [5, 5.41) is 0. The first-order valence-corrected chi connectivity index (χ1v) is 9.51. The van der Waals surface area contributed by atoms with Crippen LogP contribution >= 0.6 is 0 Å². The first-order chi connectivity index (χ1) is 14.1.